The normalized spacial score (nSPS) is 13.9. The van der Waals surface area contributed by atoms with E-state index >= 15 is 0 Å². The highest BCUT2D eigenvalue weighted by Gasteiger charge is 2.39. The van der Waals surface area contributed by atoms with Gasteiger partial charge >= 0.3 is 12.1 Å². The lowest BCUT2D eigenvalue weighted by atomic mass is 10.1. The molecule has 0 radical (unpaired) electrons. The SMILES string of the molecule is CC(C)(C)OC(=O)N[C@@H](Cc1cccc(O[Si](C)(C)C(C)(C)C)c1)C(=O)OC(C)(C)C. The molecule has 0 unspecified atom stereocenters. The Hall–Kier alpha value is -2.02. The largest absolute Gasteiger partial charge is 0.543 e. The Labute approximate surface area is 189 Å². The standard InChI is InChI=1S/C24H41NO5Si/c1-22(2,3)28-20(26)19(25-21(27)29-23(4,5)6)16-17-13-12-14-18(15-17)30-31(10,11)24(7,8)9/h12-15,19H,16H2,1-11H3,(H,25,27)/t19-/m0/s1. The molecule has 0 spiro atoms. The molecular formula is C24H41NO5Si. The molecule has 176 valence electrons. The van der Waals surface area contributed by atoms with Crippen LogP contribution in [-0.4, -0.2) is 37.6 Å². The summed E-state index contributed by atoms with van der Waals surface area (Å²) in [6, 6.07) is 6.78. The highest BCUT2D eigenvalue weighted by atomic mass is 28.4. The van der Waals surface area contributed by atoms with E-state index < -0.39 is 37.6 Å². The minimum Gasteiger partial charge on any atom is -0.543 e. The van der Waals surface area contributed by atoms with Crippen molar-refractivity contribution in [3.63, 3.8) is 0 Å². The summed E-state index contributed by atoms with van der Waals surface area (Å²) < 4.78 is 17.2. The number of nitrogens with one attached hydrogen (secondary N) is 1. The van der Waals surface area contributed by atoms with Crippen molar-refractivity contribution >= 4 is 20.4 Å². The quantitative estimate of drug-likeness (QED) is 0.434. The van der Waals surface area contributed by atoms with Gasteiger partial charge in [-0.2, -0.15) is 0 Å². The van der Waals surface area contributed by atoms with Crippen LogP contribution in [0.15, 0.2) is 24.3 Å². The van der Waals surface area contributed by atoms with Crippen molar-refractivity contribution in [2.45, 2.75) is 104 Å². The third-order valence-corrected chi connectivity index (χ3v) is 9.26. The van der Waals surface area contributed by atoms with E-state index in [0.717, 1.165) is 11.3 Å². The average molecular weight is 452 g/mol. The van der Waals surface area contributed by atoms with Crippen LogP contribution in [0.4, 0.5) is 4.79 Å². The summed E-state index contributed by atoms with van der Waals surface area (Å²) in [7, 11) is -2.00. The van der Waals surface area contributed by atoms with Crippen molar-refractivity contribution in [3.8, 4) is 5.75 Å². The first-order valence-electron chi connectivity index (χ1n) is 10.8. The van der Waals surface area contributed by atoms with Crippen LogP contribution in [0.5, 0.6) is 5.75 Å². The van der Waals surface area contributed by atoms with Gasteiger partial charge in [0.1, 0.15) is 23.0 Å². The van der Waals surface area contributed by atoms with Gasteiger partial charge in [-0.15, -0.1) is 0 Å². The lowest BCUT2D eigenvalue weighted by Crippen LogP contribution is -2.47. The van der Waals surface area contributed by atoms with Crippen molar-refractivity contribution in [3.05, 3.63) is 29.8 Å². The zero-order valence-electron chi connectivity index (χ0n) is 21.1. The summed E-state index contributed by atoms with van der Waals surface area (Å²) in [5.41, 5.74) is -0.472. The number of hydrogen-bond acceptors (Lipinski definition) is 5. The molecule has 1 atom stereocenters. The van der Waals surface area contributed by atoms with Crippen LogP contribution >= 0.6 is 0 Å². The molecule has 0 heterocycles. The molecule has 0 saturated heterocycles. The van der Waals surface area contributed by atoms with E-state index in [0.29, 0.717) is 0 Å². The Bertz CT molecular complexity index is 769. The van der Waals surface area contributed by atoms with Gasteiger partial charge in [0.05, 0.1) is 0 Å². The lowest BCUT2D eigenvalue weighted by molar-refractivity contribution is -0.157. The molecule has 1 amide bonds. The van der Waals surface area contributed by atoms with Gasteiger partial charge < -0.3 is 19.2 Å². The summed E-state index contributed by atoms with van der Waals surface area (Å²) in [5.74, 6) is 0.262. The monoisotopic (exact) mass is 451 g/mol. The fraction of sp³-hybridized carbons (Fsp3) is 0.667. The number of alkyl carbamates (subject to hydrolysis) is 1. The van der Waals surface area contributed by atoms with Crippen molar-refractivity contribution < 1.29 is 23.5 Å². The molecule has 0 aliphatic carbocycles. The van der Waals surface area contributed by atoms with Gasteiger partial charge in [0, 0.05) is 6.42 Å². The van der Waals surface area contributed by atoms with E-state index in [1.165, 1.54) is 0 Å². The van der Waals surface area contributed by atoms with Crippen LogP contribution in [0.25, 0.3) is 0 Å². The van der Waals surface area contributed by atoms with Crippen LogP contribution in [0.1, 0.15) is 67.9 Å². The van der Waals surface area contributed by atoms with E-state index in [1.54, 1.807) is 41.5 Å². The Morgan fingerprint density at radius 1 is 0.935 bits per heavy atom. The predicted molar refractivity (Wildman–Crippen MR) is 127 cm³/mol. The van der Waals surface area contributed by atoms with E-state index in [2.05, 4.69) is 39.2 Å². The number of hydrogen-bond donors (Lipinski definition) is 1. The molecule has 1 aromatic carbocycles. The highest BCUT2D eigenvalue weighted by molar-refractivity contribution is 6.74. The summed E-state index contributed by atoms with van der Waals surface area (Å²) in [4.78, 5) is 25.1. The van der Waals surface area contributed by atoms with Crippen molar-refractivity contribution in [1.29, 1.82) is 0 Å². The molecule has 0 saturated carbocycles. The number of ether oxygens (including phenoxy) is 2. The molecule has 0 aliphatic heterocycles. The van der Waals surface area contributed by atoms with Crippen molar-refractivity contribution in [2.75, 3.05) is 0 Å². The van der Waals surface area contributed by atoms with E-state index in [4.69, 9.17) is 13.9 Å². The van der Waals surface area contributed by atoms with Crippen LogP contribution in [0.2, 0.25) is 18.1 Å². The minimum atomic E-state index is -2.00. The Morgan fingerprint density at radius 2 is 1.48 bits per heavy atom. The van der Waals surface area contributed by atoms with Crippen molar-refractivity contribution in [1.82, 2.24) is 5.32 Å². The van der Waals surface area contributed by atoms with E-state index in [9.17, 15) is 9.59 Å². The first-order chi connectivity index (χ1) is 13.8. The maximum absolute atomic E-state index is 12.8. The third kappa shape index (κ3) is 9.76. The van der Waals surface area contributed by atoms with Gasteiger partial charge in [0.2, 0.25) is 8.32 Å². The van der Waals surface area contributed by atoms with Gasteiger partial charge in [-0.25, -0.2) is 9.59 Å². The zero-order valence-corrected chi connectivity index (χ0v) is 22.1. The molecule has 0 aromatic heterocycles. The molecule has 6 nitrogen and oxygen atoms in total. The van der Waals surface area contributed by atoms with Gasteiger partial charge in [-0.1, -0.05) is 32.9 Å². The Morgan fingerprint density at radius 3 is 1.97 bits per heavy atom. The zero-order chi connectivity index (χ0) is 24.3. The van der Waals surface area contributed by atoms with E-state index in [-0.39, 0.29) is 11.5 Å². The first-order valence-corrected chi connectivity index (χ1v) is 13.7. The molecule has 7 heteroatoms. The third-order valence-electron chi connectivity index (χ3n) is 4.90. The number of carbonyl (C=O) groups excluding carboxylic acids is 2. The van der Waals surface area contributed by atoms with Crippen LogP contribution in [0.3, 0.4) is 0 Å². The second-order valence-electron chi connectivity index (χ2n) is 11.4. The Balaban J connectivity index is 3.08. The lowest BCUT2D eigenvalue weighted by Gasteiger charge is -2.36. The van der Waals surface area contributed by atoms with Crippen molar-refractivity contribution in [2.24, 2.45) is 0 Å². The molecule has 0 bridgehead atoms. The Kier molecular flexibility index (Phi) is 8.39. The summed E-state index contributed by atoms with van der Waals surface area (Å²) in [5, 5.41) is 2.74. The van der Waals surface area contributed by atoms with Gasteiger partial charge in [-0.05, 0) is 77.4 Å². The van der Waals surface area contributed by atoms with Gasteiger partial charge in [0.25, 0.3) is 0 Å². The number of benzene rings is 1. The molecule has 31 heavy (non-hydrogen) atoms. The molecular weight excluding hydrogens is 410 g/mol. The van der Waals surface area contributed by atoms with Gasteiger partial charge in [-0.3, -0.25) is 0 Å². The average Bonchev–Trinajstić information content (AvgIpc) is 2.49. The fourth-order valence-corrected chi connectivity index (χ4v) is 3.46. The molecule has 1 aromatic rings. The maximum Gasteiger partial charge on any atom is 0.408 e. The first kappa shape index (κ1) is 27.0. The molecule has 1 N–H and O–H groups in total. The number of amides is 1. The molecule has 1 rings (SSSR count). The predicted octanol–water partition coefficient (Wildman–Crippen LogP) is 5.85. The summed E-state index contributed by atoms with van der Waals surface area (Å²) in [6.45, 7) is 21.6. The van der Waals surface area contributed by atoms with Crippen LogP contribution in [0, 0.1) is 0 Å². The highest BCUT2D eigenvalue weighted by Crippen LogP contribution is 2.37. The topological polar surface area (TPSA) is 73.9 Å². The second kappa shape index (κ2) is 9.63. The van der Waals surface area contributed by atoms with E-state index in [1.807, 2.05) is 24.3 Å². The molecule has 0 fully saturated rings. The smallest absolute Gasteiger partial charge is 0.408 e. The van der Waals surface area contributed by atoms with Crippen LogP contribution in [-0.2, 0) is 20.7 Å². The summed E-state index contributed by atoms with van der Waals surface area (Å²) in [6.07, 6.45) is -0.389. The number of esters is 1. The van der Waals surface area contributed by atoms with Crippen LogP contribution < -0.4 is 9.74 Å². The number of carbonyl (C=O) groups is 2. The fourth-order valence-electron chi connectivity index (χ4n) is 2.44. The maximum atomic E-state index is 12.8. The number of rotatable bonds is 6. The second-order valence-corrected chi connectivity index (χ2v) is 16.2. The summed E-state index contributed by atoms with van der Waals surface area (Å²) >= 11 is 0. The minimum absolute atomic E-state index is 0.0698. The molecule has 0 aliphatic rings. The van der Waals surface area contributed by atoms with Gasteiger partial charge in [0.15, 0.2) is 0 Å².